The molecule has 0 radical (unpaired) electrons. The number of benzene rings is 1. The first-order valence-electron chi connectivity index (χ1n) is 5.19. The van der Waals surface area contributed by atoms with Crippen molar-refractivity contribution in [3.63, 3.8) is 0 Å². The minimum Gasteiger partial charge on any atom is -0.313 e. The Morgan fingerprint density at radius 2 is 2.07 bits per heavy atom. The van der Waals surface area contributed by atoms with E-state index < -0.39 is 0 Å². The average molecular weight is 210 g/mol. The number of hydrogen-bond acceptors (Lipinski definition) is 1. The average Bonchev–Trinajstić information content (AvgIpc) is 2.18. The van der Waals surface area contributed by atoms with Crippen molar-refractivity contribution in [1.29, 1.82) is 0 Å². The lowest BCUT2D eigenvalue weighted by Gasteiger charge is -2.29. The van der Waals surface area contributed by atoms with Gasteiger partial charge in [-0.15, -0.1) is 0 Å². The van der Waals surface area contributed by atoms with Crippen LogP contribution in [0, 0.1) is 0 Å². The fourth-order valence-corrected chi connectivity index (χ4v) is 2.50. The summed E-state index contributed by atoms with van der Waals surface area (Å²) in [7, 11) is 2.02. The smallest absolute Gasteiger partial charge is 0.0409 e. The number of fused-ring (bicyclic) bond motifs is 1. The van der Waals surface area contributed by atoms with Gasteiger partial charge in [0.05, 0.1) is 0 Å². The van der Waals surface area contributed by atoms with Crippen LogP contribution in [0.1, 0.15) is 42.9 Å². The van der Waals surface area contributed by atoms with Crippen molar-refractivity contribution in [2.45, 2.75) is 31.7 Å². The molecule has 1 N–H and O–H groups in total. The lowest BCUT2D eigenvalue weighted by atomic mass is 9.81. The number of nitrogens with one attached hydrogen (secondary N) is 1. The Hall–Kier alpha value is -0.530. The normalized spacial score (nSPS) is 25.9. The summed E-state index contributed by atoms with van der Waals surface area (Å²) in [6, 6.07) is 6.76. The molecule has 76 valence electrons. The Morgan fingerprint density at radius 1 is 1.29 bits per heavy atom. The van der Waals surface area contributed by atoms with Crippen LogP contribution in [0.2, 0.25) is 5.02 Å². The van der Waals surface area contributed by atoms with Crippen LogP contribution in [0.4, 0.5) is 0 Å². The van der Waals surface area contributed by atoms with E-state index in [4.69, 9.17) is 11.6 Å². The van der Waals surface area contributed by atoms with Crippen LogP contribution in [0.15, 0.2) is 18.2 Å². The highest BCUT2D eigenvalue weighted by Crippen LogP contribution is 2.38. The van der Waals surface area contributed by atoms with Crippen molar-refractivity contribution < 1.29 is 0 Å². The van der Waals surface area contributed by atoms with Gasteiger partial charge in [0, 0.05) is 11.1 Å². The van der Waals surface area contributed by atoms with Crippen LogP contribution in [0.5, 0.6) is 0 Å². The molecule has 0 bridgehead atoms. The number of halogens is 1. The molecule has 1 aromatic rings. The van der Waals surface area contributed by atoms with Gasteiger partial charge in [0.2, 0.25) is 0 Å². The van der Waals surface area contributed by atoms with E-state index in [0.29, 0.717) is 12.0 Å². The van der Waals surface area contributed by atoms with Gasteiger partial charge in [0.25, 0.3) is 0 Å². The molecule has 14 heavy (non-hydrogen) atoms. The highest BCUT2D eigenvalue weighted by atomic mass is 35.5. The summed E-state index contributed by atoms with van der Waals surface area (Å²) >= 11 is 6.02. The maximum Gasteiger partial charge on any atom is 0.0409 e. The molecular weight excluding hydrogens is 194 g/mol. The lowest BCUT2D eigenvalue weighted by Crippen LogP contribution is -2.22. The second kappa shape index (κ2) is 3.92. The molecule has 0 saturated carbocycles. The van der Waals surface area contributed by atoms with Gasteiger partial charge in [-0.3, -0.25) is 0 Å². The van der Waals surface area contributed by atoms with Crippen molar-refractivity contribution in [2.75, 3.05) is 7.05 Å². The second-order valence-electron chi connectivity index (χ2n) is 4.09. The van der Waals surface area contributed by atoms with Gasteiger partial charge in [-0.1, -0.05) is 24.6 Å². The van der Waals surface area contributed by atoms with Crippen LogP contribution in [-0.2, 0) is 0 Å². The minimum atomic E-state index is 0.486. The van der Waals surface area contributed by atoms with E-state index in [-0.39, 0.29) is 0 Å². The highest BCUT2D eigenvalue weighted by molar-refractivity contribution is 6.30. The first kappa shape index (κ1) is 10.0. The molecule has 0 spiro atoms. The maximum atomic E-state index is 6.02. The van der Waals surface area contributed by atoms with Gasteiger partial charge in [0.15, 0.2) is 0 Å². The summed E-state index contributed by atoms with van der Waals surface area (Å²) in [6.45, 7) is 2.29. The summed E-state index contributed by atoms with van der Waals surface area (Å²) in [5.41, 5.74) is 2.85. The zero-order valence-corrected chi connectivity index (χ0v) is 9.43. The predicted molar refractivity (Wildman–Crippen MR) is 60.9 cm³/mol. The monoisotopic (exact) mass is 209 g/mol. The standard InChI is InChI=1S/C12H16ClN/c1-8-3-6-12(14-2)11-7-9(13)4-5-10(8)11/h4-5,7-8,12,14H,3,6H2,1-2H3. The van der Waals surface area contributed by atoms with Crippen LogP contribution in [-0.4, -0.2) is 7.05 Å². The minimum absolute atomic E-state index is 0.486. The predicted octanol–water partition coefficient (Wildman–Crippen LogP) is 3.50. The van der Waals surface area contributed by atoms with Gasteiger partial charge in [0.1, 0.15) is 0 Å². The Bertz CT molecular complexity index is 335. The van der Waals surface area contributed by atoms with Gasteiger partial charge in [-0.2, -0.15) is 0 Å². The van der Waals surface area contributed by atoms with Crippen LogP contribution >= 0.6 is 11.6 Å². The molecule has 0 aliphatic heterocycles. The van der Waals surface area contributed by atoms with E-state index >= 15 is 0 Å². The van der Waals surface area contributed by atoms with E-state index in [0.717, 1.165) is 5.02 Å². The summed E-state index contributed by atoms with van der Waals surface area (Å²) in [5, 5.41) is 4.19. The second-order valence-corrected chi connectivity index (χ2v) is 4.53. The first-order valence-corrected chi connectivity index (χ1v) is 5.56. The largest absolute Gasteiger partial charge is 0.313 e. The molecule has 2 unspecified atom stereocenters. The number of hydrogen-bond donors (Lipinski definition) is 1. The van der Waals surface area contributed by atoms with Crippen molar-refractivity contribution in [3.8, 4) is 0 Å². The molecule has 1 aromatic carbocycles. The summed E-state index contributed by atoms with van der Waals surface area (Å²) in [4.78, 5) is 0. The van der Waals surface area contributed by atoms with E-state index in [2.05, 4.69) is 24.4 Å². The molecule has 2 heteroatoms. The molecular formula is C12H16ClN. The van der Waals surface area contributed by atoms with Crippen molar-refractivity contribution in [2.24, 2.45) is 0 Å². The molecule has 0 amide bonds. The zero-order valence-electron chi connectivity index (χ0n) is 8.68. The lowest BCUT2D eigenvalue weighted by molar-refractivity contribution is 0.460. The highest BCUT2D eigenvalue weighted by Gasteiger charge is 2.23. The SMILES string of the molecule is CNC1CCC(C)c2ccc(Cl)cc21. The summed E-state index contributed by atoms with van der Waals surface area (Å²) < 4.78 is 0. The summed E-state index contributed by atoms with van der Waals surface area (Å²) in [6.07, 6.45) is 2.48. The van der Waals surface area contributed by atoms with E-state index in [1.807, 2.05) is 13.1 Å². The molecule has 1 aliphatic carbocycles. The third kappa shape index (κ3) is 1.67. The molecule has 0 saturated heterocycles. The van der Waals surface area contributed by atoms with Crippen LogP contribution in [0.3, 0.4) is 0 Å². The van der Waals surface area contributed by atoms with Crippen LogP contribution in [0.25, 0.3) is 0 Å². The van der Waals surface area contributed by atoms with Crippen molar-refractivity contribution in [1.82, 2.24) is 5.32 Å². The first-order chi connectivity index (χ1) is 6.72. The molecule has 2 atom stereocenters. The third-order valence-electron chi connectivity index (χ3n) is 3.19. The Labute approximate surface area is 90.5 Å². The van der Waals surface area contributed by atoms with E-state index in [9.17, 15) is 0 Å². The van der Waals surface area contributed by atoms with Gasteiger partial charge < -0.3 is 5.32 Å². The topological polar surface area (TPSA) is 12.0 Å². The Balaban J connectivity index is 2.46. The van der Waals surface area contributed by atoms with E-state index in [1.165, 1.54) is 24.0 Å². The molecule has 0 heterocycles. The Morgan fingerprint density at radius 3 is 2.79 bits per heavy atom. The summed E-state index contributed by atoms with van der Waals surface area (Å²) in [5.74, 6) is 0.673. The zero-order chi connectivity index (χ0) is 10.1. The fraction of sp³-hybridized carbons (Fsp3) is 0.500. The van der Waals surface area contributed by atoms with Crippen LogP contribution < -0.4 is 5.32 Å². The molecule has 0 aromatic heterocycles. The van der Waals surface area contributed by atoms with E-state index in [1.54, 1.807) is 0 Å². The molecule has 1 nitrogen and oxygen atoms in total. The van der Waals surface area contributed by atoms with Gasteiger partial charge >= 0.3 is 0 Å². The molecule has 2 rings (SSSR count). The van der Waals surface area contributed by atoms with Crippen molar-refractivity contribution >= 4 is 11.6 Å². The van der Waals surface area contributed by atoms with Gasteiger partial charge in [-0.05, 0) is 49.1 Å². The Kier molecular flexibility index (Phi) is 2.80. The van der Waals surface area contributed by atoms with Gasteiger partial charge in [-0.25, -0.2) is 0 Å². The number of rotatable bonds is 1. The maximum absolute atomic E-state index is 6.02. The molecule has 0 fully saturated rings. The molecule has 1 aliphatic rings. The van der Waals surface area contributed by atoms with Crippen molar-refractivity contribution in [3.05, 3.63) is 34.3 Å². The third-order valence-corrected chi connectivity index (χ3v) is 3.43. The quantitative estimate of drug-likeness (QED) is 0.747. The fourth-order valence-electron chi connectivity index (χ4n) is 2.32.